The van der Waals surface area contributed by atoms with E-state index in [4.69, 9.17) is 0 Å². The number of hydrogen-bond donors (Lipinski definition) is 1. The Morgan fingerprint density at radius 2 is 2.06 bits per heavy atom. The molecule has 0 unspecified atom stereocenters. The summed E-state index contributed by atoms with van der Waals surface area (Å²) in [5, 5.41) is 3.55. The normalized spacial score (nSPS) is 23.9. The molecular formula is C14H24N4. The van der Waals surface area contributed by atoms with Gasteiger partial charge < -0.3 is 10.2 Å². The Hall–Kier alpha value is -1.16. The maximum atomic E-state index is 4.50. The van der Waals surface area contributed by atoms with Gasteiger partial charge in [0.15, 0.2) is 0 Å². The fraction of sp³-hybridized carbons (Fsp3) is 0.714. The van der Waals surface area contributed by atoms with Gasteiger partial charge >= 0.3 is 0 Å². The molecule has 1 aromatic heterocycles. The Morgan fingerprint density at radius 3 is 2.67 bits per heavy atom. The highest BCUT2D eigenvalue weighted by Gasteiger charge is 2.24. The summed E-state index contributed by atoms with van der Waals surface area (Å²) in [6.07, 6.45) is 6.88. The van der Waals surface area contributed by atoms with Gasteiger partial charge in [-0.25, -0.2) is 9.97 Å². The third kappa shape index (κ3) is 3.19. The standard InChI is InChI=1S/C14H24N4/c1-4-15-12-5-7-13(8-6-12)18(3)14-9-10-16-11(2)17-14/h9-10,12-13,15H,4-8H2,1-3H3. The molecule has 0 bridgehead atoms. The van der Waals surface area contributed by atoms with E-state index in [9.17, 15) is 0 Å². The van der Waals surface area contributed by atoms with E-state index in [1.54, 1.807) is 0 Å². The van der Waals surface area contributed by atoms with Crippen LogP contribution in [0.3, 0.4) is 0 Å². The molecule has 18 heavy (non-hydrogen) atoms. The van der Waals surface area contributed by atoms with Crippen molar-refractivity contribution in [3.8, 4) is 0 Å². The molecule has 1 N–H and O–H groups in total. The van der Waals surface area contributed by atoms with E-state index < -0.39 is 0 Å². The van der Waals surface area contributed by atoms with Gasteiger partial charge in [-0.15, -0.1) is 0 Å². The molecule has 4 nitrogen and oxygen atoms in total. The smallest absolute Gasteiger partial charge is 0.132 e. The quantitative estimate of drug-likeness (QED) is 0.886. The van der Waals surface area contributed by atoms with Crippen LogP contribution in [-0.2, 0) is 0 Å². The van der Waals surface area contributed by atoms with Gasteiger partial charge in [-0.2, -0.15) is 0 Å². The summed E-state index contributed by atoms with van der Waals surface area (Å²) in [6, 6.07) is 3.34. The van der Waals surface area contributed by atoms with Gasteiger partial charge in [0.25, 0.3) is 0 Å². The molecule has 1 saturated carbocycles. The molecule has 2 rings (SSSR count). The first-order valence-electron chi connectivity index (χ1n) is 6.96. The Balaban J connectivity index is 1.93. The highest BCUT2D eigenvalue weighted by Crippen LogP contribution is 2.25. The van der Waals surface area contributed by atoms with Gasteiger partial charge in [0.2, 0.25) is 0 Å². The molecule has 1 aliphatic rings. The van der Waals surface area contributed by atoms with Crippen molar-refractivity contribution in [2.24, 2.45) is 0 Å². The third-order valence-electron chi connectivity index (χ3n) is 3.86. The van der Waals surface area contributed by atoms with Crippen LogP contribution in [0.5, 0.6) is 0 Å². The molecular weight excluding hydrogens is 224 g/mol. The van der Waals surface area contributed by atoms with Crippen molar-refractivity contribution in [2.75, 3.05) is 18.5 Å². The lowest BCUT2D eigenvalue weighted by atomic mass is 9.90. The molecule has 0 aliphatic heterocycles. The Morgan fingerprint density at radius 1 is 1.33 bits per heavy atom. The summed E-state index contributed by atoms with van der Waals surface area (Å²) < 4.78 is 0. The Bertz CT molecular complexity index is 372. The summed E-state index contributed by atoms with van der Waals surface area (Å²) in [5.74, 6) is 1.90. The lowest BCUT2D eigenvalue weighted by Gasteiger charge is -2.35. The Kier molecular flexibility index (Phi) is 4.53. The van der Waals surface area contributed by atoms with Gasteiger partial charge in [0, 0.05) is 25.3 Å². The van der Waals surface area contributed by atoms with E-state index >= 15 is 0 Å². The largest absolute Gasteiger partial charge is 0.357 e. The first kappa shape index (κ1) is 13.3. The number of aryl methyl sites for hydroxylation is 1. The van der Waals surface area contributed by atoms with Gasteiger partial charge in [0.1, 0.15) is 11.6 Å². The molecule has 0 spiro atoms. The van der Waals surface area contributed by atoms with E-state index in [-0.39, 0.29) is 0 Å². The number of rotatable bonds is 4. The second-order valence-electron chi connectivity index (χ2n) is 5.14. The van der Waals surface area contributed by atoms with E-state index in [0.29, 0.717) is 12.1 Å². The molecule has 1 aliphatic carbocycles. The fourth-order valence-electron chi connectivity index (χ4n) is 2.78. The number of aromatic nitrogens is 2. The minimum absolute atomic E-state index is 0.620. The molecule has 1 aromatic rings. The van der Waals surface area contributed by atoms with E-state index in [1.165, 1.54) is 25.7 Å². The number of hydrogen-bond acceptors (Lipinski definition) is 4. The predicted octanol–water partition coefficient (Wildman–Crippen LogP) is 2.14. The monoisotopic (exact) mass is 248 g/mol. The lowest BCUT2D eigenvalue weighted by molar-refractivity contribution is 0.340. The van der Waals surface area contributed by atoms with Crippen LogP contribution < -0.4 is 10.2 Å². The van der Waals surface area contributed by atoms with Crippen LogP contribution >= 0.6 is 0 Å². The number of nitrogens with one attached hydrogen (secondary N) is 1. The number of nitrogens with zero attached hydrogens (tertiary/aromatic N) is 3. The lowest BCUT2D eigenvalue weighted by Crippen LogP contribution is -2.41. The molecule has 0 saturated heterocycles. The van der Waals surface area contributed by atoms with Crippen molar-refractivity contribution in [3.05, 3.63) is 18.1 Å². The predicted molar refractivity (Wildman–Crippen MR) is 74.9 cm³/mol. The van der Waals surface area contributed by atoms with Crippen LogP contribution in [-0.4, -0.2) is 35.6 Å². The second-order valence-corrected chi connectivity index (χ2v) is 5.14. The van der Waals surface area contributed by atoms with Crippen LogP contribution in [0.15, 0.2) is 12.3 Å². The molecule has 0 radical (unpaired) electrons. The van der Waals surface area contributed by atoms with Crippen LogP contribution in [0.4, 0.5) is 5.82 Å². The zero-order valence-corrected chi connectivity index (χ0v) is 11.7. The topological polar surface area (TPSA) is 41.0 Å². The summed E-state index contributed by atoms with van der Waals surface area (Å²) >= 11 is 0. The zero-order valence-electron chi connectivity index (χ0n) is 11.7. The van der Waals surface area contributed by atoms with Crippen LogP contribution in [0.2, 0.25) is 0 Å². The van der Waals surface area contributed by atoms with E-state index in [0.717, 1.165) is 18.2 Å². The SMILES string of the molecule is CCNC1CCC(N(C)c2ccnc(C)n2)CC1. The van der Waals surface area contributed by atoms with Crippen molar-refractivity contribution in [3.63, 3.8) is 0 Å². The minimum Gasteiger partial charge on any atom is -0.357 e. The first-order valence-corrected chi connectivity index (χ1v) is 6.96. The van der Waals surface area contributed by atoms with Gasteiger partial charge in [0.05, 0.1) is 0 Å². The maximum absolute atomic E-state index is 4.50. The zero-order chi connectivity index (χ0) is 13.0. The third-order valence-corrected chi connectivity index (χ3v) is 3.86. The van der Waals surface area contributed by atoms with Gasteiger partial charge in [-0.1, -0.05) is 6.92 Å². The molecule has 0 amide bonds. The van der Waals surface area contributed by atoms with Gasteiger partial charge in [-0.3, -0.25) is 0 Å². The van der Waals surface area contributed by atoms with Crippen molar-refractivity contribution < 1.29 is 0 Å². The van der Waals surface area contributed by atoms with Crippen molar-refractivity contribution in [1.82, 2.24) is 15.3 Å². The van der Waals surface area contributed by atoms with Crippen molar-refractivity contribution in [2.45, 2.75) is 51.6 Å². The number of anilines is 1. The second kappa shape index (κ2) is 6.14. The average Bonchev–Trinajstić information content (AvgIpc) is 2.39. The van der Waals surface area contributed by atoms with Crippen LogP contribution in [0, 0.1) is 6.92 Å². The first-order chi connectivity index (χ1) is 8.70. The summed E-state index contributed by atoms with van der Waals surface area (Å²) in [7, 11) is 2.15. The molecule has 0 atom stereocenters. The van der Waals surface area contributed by atoms with Crippen molar-refractivity contribution >= 4 is 5.82 Å². The maximum Gasteiger partial charge on any atom is 0.132 e. The summed E-state index contributed by atoms with van der Waals surface area (Å²) in [6.45, 7) is 5.21. The van der Waals surface area contributed by atoms with Gasteiger partial charge in [-0.05, 0) is 45.2 Å². The highest BCUT2D eigenvalue weighted by molar-refractivity contribution is 5.37. The molecule has 1 fully saturated rings. The molecule has 100 valence electrons. The highest BCUT2D eigenvalue weighted by atomic mass is 15.2. The summed E-state index contributed by atoms with van der Waals surface area (Å²) in [5.41, 5.74) is 0. The Labute approximate surface area is 110 Å². The minimum atomic E-state index is 0.620. The summed E-state index contributed by atoms with van der Waals surface area (Å²) in [4.78, 5) is 11.0. The van der Waals surface area contributed by atoms with E-state index in [1.807, 2.05) is 19.2 Å². The van der Waals surface area contributed by atoms with Crippen LogP contribution in [0.1, 0.15) is 38.4 Å². The fourth-order valence-corrected chi connectivity index (χ4v) is 2.78. The van der Waals surface area contributed by atoms with Crippen LogP contribution in [0.25, 0.3) is 0 Å². The molecule has 0 aromatic carbocycles. The molecule has 4 heteroatoms. The van der Waals surface area contributed by atoms with Crippen molar-refractivity contribution in [1.29, 1.82) is 0 Å². The molecule has 1 heterocycles. The van der Waals surface area contributed by atoms with E-state index in [2.05, 4.69) is 34.2 Å². The average molecular weight is 248 g/mol.